The molecule has 0 aliphatic rings. The summed E-state index contributed by atoms with van der Waals surface area (Å²) in [5.74, 6) is -1.91. The van der Waals surface area contributed by atoms with Crippen LogP contribution in [0.25, 0.3) is 5.69 Å². The molecule has 0 fully saturated rings. The quantitative estimate of drug-likeness (QED) is 0.604. The zero-order valence-electron chi connectivity index (χ0n) is 14.0. The highest BCUT2D eigenvalue weighted by atomic mass is 35.5. The molecule has 1 amide bonds. The summed E-state index contributed by atoms with van der Waals surface area (Å²) >= 11 is 6.14. The minimum absolute atomic E-state index is 0.0428. The molecule has 138 valence electrons. The number of aromatic hydroxyl groups is 1. The summed E-state index contributed by atoms with van der Waals surface area (Å²) in [4.78, 5) is 23.8. The number of para-hydroxylation sites is 1. The molecule has 0 aliphatic carbocycles. The summed E-state index contributed by atoms with van der Waals surface area (Å²) in [6, 6.07) is 15.9. The van der Waals surface area contributed by atoms with E-state index in [1.807, 2.05) is 6.07 Å². The molecule has 7 nitrogen and oxygen atoms in total. The van der Waals surface area contributed by atoms with Gasteiger partial charge >= 0.3 is 5.97 Å². The Bertz CT molecular complexity index is 972. The lowest BCUT2D eigenvalue weighted by Gasteiger charge is -2.18. The second-order valence-corrected chi connectivity index (χ2v) is 6.19. The summed E-state index contributed by atoms with van der Waals surface area (Å²) in [6.07, 6.45) is -0.346. The Morgan fingerprint density at radius 1 is 1.11 bits per heavy atom. The third-order valence-corrected chi connectivity index (χ3v) is 4.23. The van der Waals surface area contributed by atoms with E-state index in [-0.39, 0.29) is 18.0 Å². The molecular formula is C19H16ClN3O4. The summed E-state index contributed by atoms with van der Waals surface area (Å²) in [6.45, 7) is 0. The highest BCUT2D eigenvalue weighted by Crippen LogP contribution is 2.26. The van der Waals surface area contributed by atoms with E-state index < -0.39 is 17.9 Å². The lowest BCUT2D eigenvalue weighted by molar-refractivity contribution is -0.137. The van der Waals surface area contributed by atoms with Gasteiger partial charge in [-0.15, -0.1) is 0 Å². The van der Waals surface area contributed by atoms with E-state index >= 15 is 0 Å². The smallest absolute Gasteiger partial charge is 0.305 e. The van der Waals surface area contributed by atoms with Gasteiger partial charge in [-0.25, -0.2) is 4.68 Å². The van der Waals surface area contributed by atoms with Crippen LogP contribution in [0.4, 0.5) is 0 Å². The maximum Gasteiger partial charge on any atom is 0.305 e. The molecule has 2 aromatic carbocycles. The van der Waals surface area contributed by atoms with Gasteiger partial charge in [-0.3, -0.25) is 9.59 Å². The van der Waals surface area contributed by atoms with Crippen LogP contribution >= 0.6 is 11.6 Å². The van der Waals surface area contributed by atoms with Gasteiger partial charge in [0.15, 0.2) is 5.69 Å². The Morgan fingerprint density at radius 2 is 1.78 bits per heavy atom. The van der Waals surface area contributed by atoms with E-state index in [4.69, 9.17) is 16.7 Å². The van der Waals surface area contributed by atoms with Gasteiger partial charge in [0, 0.05) is 11.1 Å². The second kappa shape index (κ2) is 7.92. The van der Waals surface area contributed by atoms with Crippen LogP contribution in [-0.4, -0.2) is 31.9 Å². The van der Waals surface area contributed by atoms with Crippen LogP contribution in [0.1, 0.15) is 28.5 Å². The van der Waals surface area contributed by atoms with Gasteiger partial charge < -0.3 is 15.5 Å². The summed E-state index contributed by atoms with van der Waals surface area (Å²) in [5, 5.41) is 26.3. The van der Waals surface area contributed by atoms with Gasteiger partial charge in [0.2, 0.25) is 5.88 Å². The number of hydrogen-bond acceptors (Lipinski definition) is 4. The molecule has 1 heterocycles. The number of hydrogen-bond donors (Lipinski definition) is 3. The SMILES string of the molecule is O=C(O)C[C@H](NC(=O)c1cc(O)n(-c2ccccc2)n1)c1ccccc1Cl. The normalized spacial score (nSPS) is 11.7. The number of benzene rings is 2. The van der Waals surface area contributed by atoms with Crippen molar-refractivity contribution in [3.05, 3.63) is 76.9 Å². The first-order chi connectivity index (χ1) is 13.0. The average Bonchev–Trinajstić information content (AvgIpc) is 3.04. The number of nitrogens with zero attached hydrogens (tertiary/aromatic N) is 2. The molecule has 8 heteroatoms. The topological polar surface area (TPSA) is 104 Å². The molecule has 0 radical (unpaired) electrons. The molecule has 1 aromatic heterocycles. The van der Waals surface area contributed by atoms with Crippen LogP contribution < -0.4 is 5.32 Å². The minimum Gasteiger partial charge on any atom is -0.493 e. The maximum atomic E-state index is 12.6. The number of carbonyl (C=O) groups is 2. The molecule has 0 bridgehead atoms. The molecule has 0 saturated carbocycles. The van der Waals surface area contributed by atoms with Crippen molar-refractivity contribution in [1.29, 1.82) is 0 Å². The van der Waals surface area contributed by atoms with E-state index in [0.29, 0.717) is 16.3 Å². The zero-order valence-corrected chi connectivity index (χ0v) is 14.8. The van der Waals surface area contributed by atoms with E-state index in [2.05, 4.69) is 10.4 Å². The molecule has 0 saturated heterocycles. The van der Waals surface area contributed by atoms with Crippen LogP contribution in [-0.2, 0) is 4.79 Å². The van der Waals surface area contributed by atoms with Gasteiger partial charge in [0.25, 0.3) is 5.91 Å². The molecule has 0 unspecified atom stereocenters. The van der Waals surface area contributed by atoms with Crippen molar-refractivity contribution in [3.8, 4) is 11.6 Å². The molecule has 3 N–H and O–H groups in total. The number of aliphatic carboxylic acids is 1. The summed E-state index contributed by atoms with van der Waals surface area (Å²) in [5.41, 5.74) is 1.03. The van der Waals surface area contributed by atoms with Crippen LogP contribution in [0.5, 0.6) is 5.88 Å². The van der Waals surface area contributed by atoms with Crippen LogP contribution in [0, 0.1) is 0 Å². The number of aromatic nitrogens is 2. The highest BCUT2D eigenvalue weighted by Gasteiger charge is 2.23. The van der Waals surface area contributed by atoms with Gasteiger partial charge in [0.05, 0.1) is 18.2 Å². The fraction of sp³-hybridized carbons (Fsp3) is 0.105. The fourth-order valence-corrected chi connectivity index (χ4v) is 2.91. The van der Waals surface area contributed by atoms with Gasteiger partial charge in [0.1, 0.15) is 0 Å². The van der Waals surface area contributed by atoms with Gasteiger partial charge in [-0.2, -0.15) is 5.10 Å². The fourth-order valence-electron chi connectivity index (χ4n) is 2.64. The molecule has 3 rings (SSSR count). The first-order valence-electron chi connectivity index (χ1n) is 8.07. The molecular weight excluding hydrogens is 370 g/mol. The van der Waals surface area contributed by atoms with Crippen molar-refractivity contribution in [2.24, 2.45) is 0 Å². The Hall–Kier alpha value is -3.32. The van der Waals surface area contributed by atoms with Crippen molar-refractivity contribution in [1.82, 2.24) is 15.1 Å². The Balaban J connectivity index is 1.86. The third-order valence-electron chi connectivity index (χ3n) is 3.89. The van der Waals surface area contributed by atoms with Crippen molar-refractivity contribution in [3.63, 3.8) is 0 Å². The number of amides is 1. The second-order valence-electron chi connectivity index (χ2n) is 5.78. The minimum atomic E-state index is -1.09. The van der Waals surface area contributed by atoms with E-state index in [1.54, 1.807) is 48.5 Å². The zero-order chi connectivity index (χ0) is 19.4. The molecule has 0 spiro atoms. The molecule has 27 heavy (non-hydrogen) atoms. The predicted octanol–water partition coefficient (Wildman–Crippen LogP) is 3.18. The van der Waals surface area contributed by atoms with Crippen molar-refractivity contribution < 1.29 is 19.8 Å². The number of carbonyl (C=O) groups excluding carboxylic acids is 1. The average molecular weight is 386 g/mol. The first-order valence-corrected chi connectivity index (χ1v) is 8.45. The lowest BCUT2D eigenvalue weighted by Crippen LogP contribution is -2.30. The van der Waals surface area contributed by atoms with Crippen molar-refractivity contribution in [2.75, 3.05) is 0 Å². The maximum absolute atomic E-state index is 12.6. The number of carboxylic acids is 1. The Morgan fingerprint density at radius 3 is 2.44 bits per heavy atom. The highest BCUT2D eigenvalue weighted by molar-refractivity contribution is 6.31. The molecule has 1 atom stereocenters. The Kier molecular flexibility index (Phi) is 5.42. The number of rotatable bonds is 6. The number of halogens is 1. The van der Waals surface area contributed by atoms with Crippen molar-refractivity contribution >= 4 is 23.5 Å². The van der Waals surface area contributed by atoms with E-state index in [1.165, 1.54) is 10.7 Å². The summed E-state index contributed by atoms with van der Waals surface area (Å²) < 4.78 is 1.22. The standard InChI is InChI=1S/C19H16ClN3O4/c20-14-9-5-4-8-13(14)15(11-18(25)26)21-19(27)16-10-17(24)23(22-16)12-6-2-1-3-7-12/h1-10,15,24H,11H2,(H,21,27)(H,25,26)/t15-/m0/s1. The van der Waals surface area contributed by atoms with Crippen LogP contribution in [0.2, 0.25) is 5.02 Å². The summed E-state index contributed by atoms with van der Waals surface area (Å²) in [7, 11) is 0. The largest absolute Gasteiger partial charge is 0.493 e. The van der Waals surface area contributed by atoms with E-state index in [9.17, 15) is 14.7 Å². The van der Waals surface area contributed by atoms with Crippen LogP contribution in [0.15, 0.2) is 60.7 Å². The van der Waals surface area contributed by atoms with Crippen molar-refractivity contribution in [2.45, 2.75) is 12.5 Å². The molecule has 3 aromatic rings. The number of nitrogens with one attached hydrogen (secondary N) is 1. The van der Waals surface area contributed by atoms with Crippen LogP contribution in [0.3, 0.4) is 0 Å². The lowest BCUT2D eigenvalue weighted by atomic mass is 10.0. The first kappa shape index (κ1) is 18.5. The third kappa shape index (κ3) is 4.27. The predicted molar refractivity (Wildman–Crippen MR) is 99.1 cm³/mol. The Labute approximate surface area is 159 Å². The number of carboxylic acid groups (broad SMARTS) is 1. The molecule has 0 aliphatic heterocycles. The van der Waals surface area contributed by atoms with E-state index in [0.717, 1.165) is 0 Å². The monoisotopic (exact) mass is 385 g/mol. The van der Waals surface area contributed by atoms with Gasteiger partial charge in [-0.05, 0) is 23.8 Å². The van der Waals surface area contributed by atoms with Gasteiger partial charge in [-0.1, -0.05) is 48.0 Å².